The molecule has 0 saturated heterocycles. The number of carboxylic acids is 1. The van der Waals surface area contributed by atoms with Crippen LogP contribution in [0, 0.1) is 5.82 Å². The molecule has 98 valence electrons. The second kappa shape index (κ2) is 6.97. The molecule has 1 aromatic rings. The lowest BCUT2D eigenvalue weighted by molar-refractivity contribution is -0.142. The molecule has 5 nitrogen and oxygen atoms in total. The van der Waals surface area contributed by atoms with Gasteiger partial charge in [-0.25, -0.2) is 9.18 Å². The Balaban J connectivity index is 2.41. The van der Waals surface area contributed by atoms with Gasteiger partial charge in [0.15, 0.2) is 0 Å². The number of carbonyl (C=O) groups is 2. The predicted molar refractivity (Wildman–Crippen MR) is 63.8 cm³/mol. The van der Waals surface area contributed by atoms with Gasteiger partial charge in [-0.05, 0) is 24.3 Å². The van der Waals surface area contributed by atoms with Crippen LogP contribution in [0.2, 0.25) is 0 Å². The van der Waals surface area contributed by atoms with Crippen LogP contribution in [0.15, 0.2) is 29.2 Å². The first-order valence-electron chi connectivity index (χ1n) is 5.04. The van der Waals surface area contributed by atoms with Gasteiger partial charge in [0.1, 0.15) is 11.9 Å². The summed E-state index contributed by atoms with van der Waals surface area (Å²) >= 11 is 1.15. The molecule has 0 radical (unpaired) electrons. The minimum absolute atomic E-state index is 0.00455. The van der Waals surface area contributed by atoms with Crippen LogP contribution >= 0.6 is 11.8 Å². The second-order valence-electron chi connectivity index (χ2n) is 3.38. The molecule has 0 unspecified atom stereocenters. The Bertz CT molecular complexity index is 424. The van der Waals surface area contributed by atoms with Crippen molar-refractivity contribution < 1.29 is 24.2 Å². The maximum Gasteiger partial charge on any atom is 0.328 e. The Labute approximate surface area is 107 Å². The average molecular weight is 273 g/mol. The summed E-state index contributed by atoms with van der Waals surface area (Å²) < 4.78 is 12.6. The zero-order chi connectivity index (χ0) is 13.5. The van der Waals surface area contributed by atoms with Crippen molar-refractivity contribution in [2.75, 3.05) is 12.4 Å². The Morgan fingerprint density at radius 3 is 2.44 bits per heavy atom. The number of amides is 1. The van der Waals surface area contributed by atoms with Crippen molar-refractivity contribution in [3.63, 3.8) is 0 Å². The first-order chi connectivity index (χ1) is 8.52. The van der Waals surface area contributed by atoms with E-state index in [1.54, 1.807) is 0 Å². The summed E-state index contributed by atoms with van der Waals surface area (Å²) in [6, 6.07) is 4.29. The van der Waals surface area contributed by atoms with Crippen molar-refractivity contribution in [1.29, 1.82) is 0 Å². The van der Waals surface area contributed by atoms with Crippen LogP contribution in [0.1, 0.15) is 0 Å². The quantitative estimate of drug-likeness (QED) is 0.656. The van der Waals surface area contributed by atoms with E-state index < -0.39 is 24.5 Å². The zero-order valence-corrected chi connectivity index (χ0v) is 10.1. The van der Waals surface area contributed by atoms with Crippen LogP contribution in [0.5, 0.6) is 0 Å². The highest BCUT2D eigenvalue weighted by Crippen LogP contribution is 2.17. The summed E-state index contributed by atoms with van der Waals surface area (Å²) in [5.74, 6) is -2.17. The van der Waals surface area contributed by atoms with E-state index in [1.165, 1.54) is 24.3 Å². The molecule has 18 heavy (non-hydrogen) atoms. The van der Waals surface area contributed by atoms with Crippen LogP contribution in [0.4, 0.5) is 4.39 Å². The highest BCUT2D eigenvalue weighted by Gasteiger charge is 2.18. The van der Waals surface area contributed by atoms with Crippen LogP contribution in [0.3, 0.4) is 0 Å². The third-order valence-electron chi connectivity index (χ3n) is 2.00. The second-order valence-corrected chi connectivity index (χ2v) is 4.43. The maximum atomic E-state index is 12.6. The number of carbonyl (C=O) groups excluding carboxylic acids is 1. The van der Waals surface area contributed by atoms with Gasteiger partial charge in [-0.3, -0.25) is 4.79 Å². The summed E-state index contributed by atoms with van der Waals surface area (Å²) in [5.41, 5.74) is 0. The van der Waals surface area contributed by atoms with Gasteiger partial charge in [0, 0.05) is 4.90 Å². The Hall–Kier alpha value is -1.60. The fourth-order valence-electron chi connectivity index (χ4n) is 1.10. The third-order valence-corrected chi connectivity index (χ3v) is 3.01. The molecule has 1 rings (SSSR count). The molecule has 0 aliphatic heterocycles. The number of benzene rings is 1. The van der Waals surface area contributed by atoms with E-state index in [1.807, 2.05) is 0 Å². The summed E-state index contributed by atoms with van der Waals surface area (Å²) in [4.78, 5) is 22.6. The minimum atomic E-state index is -1.30. The number of aliphatic hydroxyl groups is 1. The van der Waals surface area contributed by atoms with Gasteiger partial charge in [-0.15, -0.1) is 11.8 Å². The van der Waals surface area contributed by atoms with Crippen molar-refractivity contribution in [2.45, 2.75) is 10.9 Å². The maximum absolute atomic E-state index is 12.6. The van der Waals surface area contributed by atoms with E-state index in [-0.39, 0.29) is 11.6 Å². The topological polar surface area (TPSA) is 86.6 Å². The Morgan fingerprint density at radius 2 is 1.94 bits per heavy atom. The number of halogens is 1. The lowest BCUT2D eigenvalue weighted by Gasteiger charge is -2.11. The van der Waals surface area contributed by atoms with Gasteiger partial charge in [0.2, 0.25) is 5.91 Å². The van der Waals surface area contributed by atoms with E-state index in [4.69, 9.17) is 10.2 Å². The summed E-state index contributed by atoms with van der Waals surface area (Å²) in [5, 5.41) is 19.5. The molecule has 0 saturated carbocycles. The number of thioether (sulfide) groups is 1. The van der Waals surface area contributed by atoms with E-state index in [9.17, 15) is 14.0 Å². The van der Waals surface area contributed by atoms with Crippen molar-refractivity contribution in [1.82, 2.24) is 5.32 Å². The average Bonchev–Trinajstić information content (AvgIpc) is 2.35. The van der Waals surface area contributed by atoms with Gasteiger partial charge in [-0.2, -0.15) is 0 Å². The first kappa shape index (κ1) is 14.5. The summed E-state index contributed by atoms with van der Waals surface area (Å²) in [6.45, 7) is -0.664. The molecular formula is C11H12FNO4S. The molecule has 0 aliphatic carbocycles. The number of hydrogen-bond acceptors (Lipinski definition) is 4. The molecule has 0 aromatic heterocycles. The first-order valence-corrected chi connectivity index (χ1v) is 6.03. The molecule has 1 atom stereocenters. The molecule has 3 N–H and O–H groups in total. The van der Waals surface area contributed by atoms with E-state index in [0.717, 1.165) is 11.8 Å². The number of aliphatic carboxylic acids is 1. The largest absolute Gasteiger partial charge is 0.480 e. The molecule has 0 aliphatic rings. The normalized spacial score (nSPS) is 11.9. The van der Waals surface area contributed by atoms with E-state index in [2.05, 4.69) is 5.32 Å². The van der Waals surface area contributed by atoms with Crippen LogP contribution < -0.4 is 5.32 Å². The summed E-state index contributed by atoms with van der Waals surface area (Å²) in [7, 11) is 0. The lowest BCUT2D eigenvalue weighted by atomic mass is 10.3. The van der Waals surface area contributed by atoms with Gasteiger partial charge >= 0.3 is 5.97 Å². The number of hydrogen-bond donors (Lipinski definition) is 3. The number of aliphatic hydroxyl groups excluding tert-OH is 1. The highest BCUT2D eigenvalue weighted by molar-refractivity contribution is 8.00. The smallest absolute Gasteiger partial charge is 0.328 e. The molecule has 0 bridgehead atoms. The fourth-order valence-corrected chi connectivity index (χ4v) is 1.81. The molecule has 1 amide bonds. The molecule has 0 spiro atoms. The van der Waals surface area contributed by atoms with Gasteiger partial charge in [0.25, 0.3) is 0 Å². The fraction of sp³-hybridized carbons (Fsp3) is 0.273. The number of nitrogens with one attached hydrogen (secondary N) is 1. The van der Waals surface area contributed by atoms with Gasteiger partial charge in [0.05, 0.1) is 12.4 Å². The highest BCUT2D eigenvalue weighted by atomic mass is 32.2. The van der Waals surface area contributed by atoms with Gasteiger partial charge in [-0.1, -0.05) is 0 Å². The third kappa shape index (κ3) is 4.72. The van der Waals surface area contributed by atoms with Crippen molar-refractivity contribution in [3.05, 3.63) is 30.1 Å². The molecular weight excluding hydrogens is 261 g/mol. The Morgan fingerprint density at radius 1 is 1.33 bits per heavy atom. The monoisotopic (exact) mass is 273 g/mol. The van der Waals surface area contributed by atoms with Crippen molar-refractivity contribution in [3.8, 4) is 0 Å². The predicted octanol–water partition coefficient (Wildman–Crippen LogP) is 0.479. The SMILES string of the molecule is O=C(CSc1ccc(F)cc1)N[C@H](CO)C(=O)O. The van der Waals surface area contributed by atoms with Crippen molar-refractivity contribution >= 4 is 23.6 Å². The van der Waals surface area contributed by atoms with E-state index in [0.29, 0.717) is 4.90 Å². The van der Waals surface area contributed by atoms with Crippen molar-refractivity contribution in [2.24, 2.45) is 0 Å². The van der Waals surface area contributed by atoms with Gasteiger partial charge < -0.3 is 15.5 Å². The zero-order valence-electron chi connectivity index (χ0n) is 9.30. The van der Waals surface area contributed by atoms with Crippen LogP contribution in [-0.4, -0.2) is 40.5 Å². The molecule has 0 fully saturated rings. The molecule has 0 heterocycles. The summed E-state index contributed by atoms with van der Waals surface area (Å²) in [6.07, 6.45) is 0. The van der Waals surface area contributed by atoms with E-state index >= 15 is 0 Å². The van der Waals surface area contributed by atoms with Crippen LogP contribution in [-0.2, 0) is 9.59 Å². The Kier molecular flexibility index (Phi) is 5.60. The lowest BCUT2D eigenvalue weighted by Crippen LogP contribution is -2.44. The molecule has 7 heteroatoms. The molecule has 1 aromatic carbocycles. The van der Waals surface area contributed by atoms with Crippen LogP contribution in [0.25, 0.3) is 0 Å². The standard InChI is InChI=1S/C11H12FNO4S/c12-7-1-3-8(4-2-7)18-6-10(15)13-9(5-14)11(16)17/h1-4,9,14H,5-6H2,(H,13,15)(H,16,17)/t9-/m1/s1. The number of rotatable bonds is 6. The number of carboxylic acid groups (broad SMARTS) is 1. The minimum Gasteiger partial charge on any atom is -0.480 e.